The van der Waals surface area contributed by atoms with Gasteiger partial charge in [0, 0.05) is 0 Å². The molecule has 0 spiro atoms. The molecule has 3 fully saturated rings. The van der Waals surface area contributed by atoms with Gasteiger partial charge in [-0.25, -0.2) is 4.79 Å². The summed E-state index contributed by atoms with van der Waals surface area (Å²) in [6.07, 6.45) is -8.10. The van der Waals surface area contributed by atoms with Crippen molar-refractivity contribution in [2.75, 3.05) is 0 Å². The molecule has 2 aliphatic heterocycles. The van der Waals surface area contributed by atoms with Gasteiger partial charge in [-0.1, -0.05) is 18.2 Å². The minimum absolute atomic E-state index is 0.222. The van der Waals surface area contributed by atoms with Gasteiger partial charge in [0.05, 0.1) is 5.56 Å². The molecule has 1 aliphatic carbocycles. The highest BCUT2D eigenvalue weighted by Gasteiger charge is 2.67. The van der Waals surface area contributed by atoms with Crippen LogP contribution in [0.15, 0.2) is 30.3 Å². The summed E-state index contributed by atoms with van der Waals surface area (Å²) < 4.78 is 96.3. The van der Waals surface area contributed by atoms with E-state index in [2.05, 4.69) is 4.18 Å². The monoisotopic (exact) mass is 496 g/mol. The highest BCUT2D eigenvalue weighted by Crippen LogP contribution is 2.47. The minimum atomic E-state index is -6.01. The van der Waals surface area contributed by atoms with Gasteiger partial charge in [0.1, 0.15) is 30.5 Å². The highest BCUT2D eigenvalue weighted by molar-refractivity contribution is 7.87. The number of hydrogen-bond acceptors (Lipinski definition) is 9. The van der Waals surface area contributed by atoms with Crippen molar-refractivity contribution in [1.82, 2.24) is 0 Å². The fraction of sp³-hybridized carbons (Fsp3) is 0.650. The molecule has 2 heterocycles. The first-order valence-electron chi connectivity index (χ1n) is 10.1. The normalized spacial score (nSPS) is 35.0. The van der Waals surface area contributed by atoms with Gasteiger partial charge in [-0.2, -0.15) is 21.6 Å². The standard InChI is InChI=1S/C20H23F3O9S/c1-18(2)28-12-11(27-17(24)10-8-6-5-7-9-10)13-15(31-19(3,4)29-13)16(14(12)30-18)32-33(25,26)20(21,22)23/h5-9,11-16H,1-4H3/t11-,12-,13+,14-,15-,16-/m1/s1. The Morgan fingerprint density at radius 3 is 1.70 bits per heavy atom. The Hall–Kier alpha value is -1.77. The Morgan fingerprint density at radius 2 is 1.27 bits per heavy atom. The van der Waals surface area contributed by atoms with Crippen molar-refractivity contribution in [2.45, 2.75) is 81.4 Å². The molecule has 9 nitrogen and oxygen atoms in total. The summed E-state index contributed by atoms with van der Waals surface area (Å²) in [7, 11) is -6.01. The number of esters is 1. The number of ether oxygens (including phenoxy) is 5. The zero-order valence-electron chi connectivity index (χ0n) is 18.1. The van der Waals surface area contributed by atoms with E-state index in [4.69, 9.17) is 23.7 Å². The highest BCUT2D eigenvalue weighted by atomic mass is 32.2. The molecule has 2 saturated heterocycles. The molecule has 3 aliphatic rings. The fourth-order valence-corrected chi connectivity index (χ4v) is 4.86. The zero-order valence-corrected chi connectivity index (χ0v) is 18.9. The van der Waals surface area contributed by atoms with Crippen LogP contribution in [-0.2, 0) is 38.0 Å². The molecule has 0 bridgehead atoms. The second-order valence-corrected chi connectivity index (χ2v) is 10.4. The number of fused-ring (bicyclic) bond motifs is 2. The topological polar surface area (TPSA) is 107 Å². The number of halogens is 3. The van der Waals surface area contributed by atoms with Gasteiger partial charge in [-0.15, -0.1) is 0 Å². The predicted octanol–water partition coefficient (Wildman–Crippen LogP) is 2.50. The summed E-state index contributed by atoms with van der Waals surface area (Å²) in [6, 6.07) is 8.01. The van der Waals surface area contributed by atoms with E-state index in [1.54, 1.807) is 18.2 Å². The van der Waals surface area contributed by atoms with Crippen LogP contribution in [0.1, 0.15) is 38.1 Å². The van der Waals surface area contributed by atoms with E-state index in [-0.39, 0.29) is 5.56 Å². The maximum absolute atomic E-state index is 13.1. The zero-order chi connectivity index (χ0) is 24.4. The fourth-order valence-electron chi connectivity index (χ4n) is 4.23. The third-order valence-electron chi connectivity index (χ3n) is 5.40. The largest absolute Gasteiger partial charge is 0.523 e. The SMILES string of the molecule is CC1(C)O[C@@H]2[C@@H](OC(=O)c3ccccc3)[C@@H]3OC(C)(C)O[C@H]3[C@H](OS(=O)(=O)C(F)(F)F)[C@@H]2O1. The number of carbonyl (C=O) groups is 1. The van der Waals surface area contributed by atoms with E-state index in [9.17, 15) is 26.4 Å². The first-order chi connectivity index (χ1) is 15.1. The smallest absolute Gasteiger partial charge is 0.453 e. The van der Waals surface area contributed by atoms with Crippen LogP contribution in [0, 0.1) is 0 Å². The van der Waals surface area contributed by atoms with Gasteiger partial charge in [0.25, 0.3) is 0 Å². The maximum atomic E-state index is 13.1. The molecule has 1 saturated carbocycles. The summed E-state index contributed by atoms with van der Waals surface area (Å²) in [5.74, 6) is -3.42. The van der Waals surface area contributed by atoms with Crippen LogP contribution >= 0.6 is 0 Å². The average Bonchev–Trinajstić information content (AvgIpc) is 3.19. The van der Waals surface area contributed by atoms with Gasteiger partial charge in [-0.05, 0) is 39.8 Å². The Morgan fingerprint density at radius 1 is 0.848 bits per heavy atom. The van der Waals surface area contributed by atoms with Crippen LogP contribution in [0.2, 0.25) is 0 Å². The van der Waals surface area contributed by atoms with Gasteiger partial charge >= 0.3 is 21.6 Å². The van der Waals surface area contributed by atoms with E-state index in [0.717, 1.165) is 0 Å². The third kappa shape index (κ3) is 4.62. The molecule has 0 amide bonds. The first kappa shape index (κ1) is 24.4. The lowest BCUT2D eigenvalue weighted by Crippen LogP contribution is -2.64. The quantitative estimate of drug-likeness (QED) is 0.353. The second kappa shape index (κ2) is 7.89. The van der Waals surface area contributed by atoms with Crippen LogP contribution in [0.5, 0.6) is 0 Å². The van der Waals surface area contributed by atoms with E-state index >= 15 is 0 Å². The van der Waals surface area contributed by atoms with Crippen molar-refractivity contribution in [1.29, 1.82) is 0 Å². The minimum Gasteiger partial charge on any atom is -0.453 e. The molecule has 184 valence electrons. The van der Waals surface area contributed by atoms with Crippen molar-refractivity contribution in [3.63, 3.8) is 0 Å². The summed E-state index contributed by atoms with van der Waals surface area (Å²) >= 11 is 0. The Bertz CT molecular complexity index is 977. The number of hydrogen-bond donors (Lipinski definition) is 0. The third-order valence-corrected chi connectivity index (χ3v) is 6.44. The predicted molar refractivity (Wildman–Crippen MR) is 103 cm³/mol. The lowest BCUT2D eigenvalue weighted by Gasteiger charge is -2.41. The Kier molecular flexibility index (Phi) is 5.82. The molecule has 0 unspecified atom stereocenters. The lowest BCUT2D eigenvalue weighted by atomic mass is 9.85. The summed E-state index contributed by atoms with van der Waals surface area (Å²) in [5.41, 5.74) is -5.45. The van der Waals surface area contributed by atoms with Gasteiger partial charge in [0.2, 0.25) is 0 Å². The number of carbonyl (C=O) groups excluding carboxylic acids is 1. The summed E-state index contributed by atoms with van der Waals surface area (Å²) in [5, 5.41) is 0. The van der Waals surface area contributed by atoms with Crippen LogP contribution in [0.4, 0.5) is 13.2 Å². The summed E-state index contributed by atoms with van der Waals surface area (Å²) in [4.78, 5) is 12.8. The van der Waals surface area contributed by atoms with Gasteiger partial charge in [0.15, 0.2) is 17.7 Å². The van der Waals surface area contributed by atoms with Crippen molar-refractivity contribution >= 4 is 16.1 Å². The van der Waals surface area contributed by atoms with Crippen molar-refractivity contribution in [2.24, 2.45) is 0 Å². The van der Waals surface area contributed by atoms with Crippen molar-refractivity contribution in [3.8, 4) is 0 Å². The van der Waals surface area contributed by atoms with Crippen LogP contribution < -0.4 is 0 Å². The van der Waals surface area contributed by atoms with Gasteiger partial charge < -0.3 is 23.7 Å². The first-order valence-corrected chi connectivity index (χ1v) is 11.5. The molecule has 33 heavy (non-hydrogen) atoms. The lowest BCUT2D eigenvalue weighted by molar-refractivity contribution is -0.182. The van der Waals surface area contributed by atoms with E-state index in [0.29, 0.717) is 0 Å². The molecule has 0 aromatic heterocycles. The second-order valence-electron chi connectivity index (χ2n) is 8.83. The molecule has 1 aromatic carbocycles. The molecule has 0 radical (unpaired) electrons. The number of benzene rings is 1. The van der Waals surface area contributed by atoms with Crippen LogP contribution in [-0.4, -0.2) is 68.1 Å². The molecular formula is C20H23F3O9S. The average molecular weight is 496 g/mol. The Balaban J connectivity index is 1.71. The van der Waals surface area contributed by atoms with Gasteiger partial charge in [-0.3, -0.25) is 4.18 Å². The maximum Gasteiger partial charge on any atom is 0.523 e. The number of alkyl halides is 3. The van der Waals surface area contributed by atoms with E-state index in [1.165, 1.54) is 39.8 Å². The van der Waals surface area contributed by atoms with Crippen LogP contribution in [0.3, 0.4) is 0 Å². The van der Waals surface area contributed by atoms with Crippen LogP contribution in [0.25, 0.3) is 0 Å². The molecular weight excluding hydrogens is 473 g/mol. The molecule has 4 rings (SSSR count). The molecule has 1 aromatic rings. The molecule has 13 heteroatoms. The molecule has 6 atom stereocenters. The van der Waals surface area contributed by atoms with Crippen molar-refractivity contribution in [3.05, 3.63) is 35.9 Å². The summed E-state index contributed by atoms with van der Waals surface area (Å²) in [6.45, 7) is 5.94. The Labute approximate surface area is 188 Å². The number of rotatable bonds is 4. The molecule has 0 N–H and O–H groups in total. The van der Waals surface area contributed by atoms with E-state index < -0.39 is 69.8 Å². The van der Waals surface area contributed by atoms with Crippen molar-refractivity contribution < 1.29 is 54.3 Å². The van der Waals surface area contributed by atoms with E-state index in [1.807, 2.05) is 0 Å².